The molecule has 1 heterocycles. The van der Waals surface area contributed by atoms with Crippen LogP contribution in [0.4, 0.5) is 5.69 Å². The first kappa shape index (κ1) is 16.9. The minimum absolute atomic E-state index is 0.194. The fourth-order valence-corrected chi connectivity index (χ4v) is 4.85. The molecule has 1 aliphatic heterocycles. The number of nitrogens with zero attached hydrogens (tertiary/aromatic N) is 1. The molecule has 0 radical (unpaired) electrons. The number of hydrogen-bond acceptors (Lipinski definition) is 3. The van der Waals surface area contributed by atoms with Gasteiger partial charge in [-0.1, -0.05) is 54.1 Å². The van der Waals surface area contributed by atoms with E-state index < -0.39 is 16.1 Å². The highest BCUT2D eigenvalue weighted by molar-refractivity contribution is 7.92. The van der Waals surface area contributed by atoms with Gasteiger partial charge in [0.1, 0.15) is 18.4 Å². The van der Waals surface area contributed by atoms with Gasteiger partial charge in [0.25, 0.3) is 10.0 Å². The van der Waals surface area contributed by atoms with Gasteiger partial charge in [0.05, 0.1) is 10.6 Å². The van der Waals surface area contributed by atoms with Crippen LogP contribution in [0.2, 0.25) is 5.02 Å². The van der Waals surface area contributed by atoms with Crippen LogP contribution < -0.4 is 9.04 Å². The third-order valence-corrected chi connectivity index (χ3v) is 6.43. The summed E-state index contributed by atoms with van der Waals surface area (Å²) in [7, 11) is -3.79. The standard InChI is InChI=1S/C20H16ClNO3S/c21-16-10-12-17(13-11-16)26(23,24)22-18-8-4-5-9-20(18)25-14-19(22)15-6-2-1-3-7-15/h1-13,19H,14H2/t19-/m1/s1. The third-order valence-electron chi connectivity index (χ3n) is 4.34. The number of fused-ring (bicyclic) bond motifs is 1. The van der Waals surface area contributed by atoms with E-state index in [2.05, 4.69) is 0 Å². The number of para-hydroxylation sites is 2. The van der Waals surface area contributed by atoms with Crippen LogP contribution >= 0.6 is 11.6 Å². The topological polar surface area (TPSA) is 46.6 Å². The first-order valence-corrected chi connectivity index (χ1v) is 9.96. The zero-order valence-corrected chi connectivity index (χ0v) is 15.3. The molecule has 0 saturated heterocycles. The van der Waals surface area contributed by atoms with E-state index in [1.165, 1.54) is 16.4 Å². The predicted octanol–water partition coefficient (Wildman–Crippen LogP) is 4.67. The quantitative estimate of drug-likeness (QED) is 0.658. The average Bonchev–Trinajstić information content (AvgIpc) is 2.68. The van der Waals surface area contributed by atoms with Gasteiger partial charge in [0.15, 0.2) is 0 Å². The summed E-state index contributed by atoms with van der Waals surface area (Å²) in [5.74, 6) is 0.553. The van der Waals surface area contributed by atoms with Crippen molar-refractivity contribution in [2.75, 3.05) is 10.9 Å². The Bertz CT molecular complexity index is 1020. The van der Waals surface area contributed by atoms with Gasteiger partial charge in [-0.05, 0) is 42.0 Å². The number of halogens is 1. The van der Waals surface area contributed by atoms with Crippen molar-refractivity contribution in [1.82, 2.24) is 0 Å². The Morgan fingerprint density at radius 1 is 0.885 bits per heavy atom. The molecule has 0 saturated carbocycles. The molecule has 3 aromatic carbocycles. The highest BCUT2D eigenvalue weighted by atomic mass is 35.5. The van der Waals surface area contributed by atoms with Crippen molar-refractivity contribution in [2.24, 2.45) is 0 Å². The van der Waals surface area contributed by atoms with Crippen LogP contribution in [0, 0.1) is 0 Å². The first-order chi connectivity index (χ1) is 12.6. The molecule has 26 heavy (non-hydrogen) atoms. The Morgan fingerprint density at radius 3 is 2.27 bits per heavy atom. The van der Waals surface area contributed by atoms with Crippen LogP contribution in [0.3, 0.4) is 0 Å². The third kappa shape index (κ3) is 2.93. The molecule has 4 rings (SSSR count). The Hall–Kier alpha value is -2.50. The Labute approximate surface area is 157 Å². The summed E-state index contributed by atoms with van der Waals surface area (Å²) >= 11 is 5.92. The van der Waals surface area contributed by atoms with Crippen molar-refractivity contribution in [2.45, 2.75) is 10.9 Å². The van der Waals surface area contributed by atoms with Gasteiger partial charge < -0.3 is 4.74 Å². The van der Waals surface area contributed by atoms with Crippen molar-refractivity contribution >= 4 is 27.3 Å². The molecule has 0 fully saturated rings. The summed E-state index contributed by atoms with van der Waals surface area (Å²) in [6.45, 7) is 0.244. The SMILES string of the molecule is O=S(=O)(c1ccc(Cl)cc1)N1c2ccccc2OC[C@@H]1c1ccccc1. The van der Waals surface area contributed by atoms with Gasteiger partial charge in [-0.25, -0.2) is 8.42 Å². The molecule has 0 aromatic heterocycles. The van der Waals surface area contributed by atoms with E-state index >= 15 is 0 Å². The molecule has 4 nitrogen and oxygen atoms in total. The maximum absolute atomic E-state index is 13.5. The van der Waals surface area contributed by atoms with E-state index in [1.807, 2.05) is 36.4 Å². The van der Waals surface area contributed by atoms with Gasteiger partial charge in [0.2, 0.25) is 0 Å². The zero-order chi connectivity index (χ0) is 18.1. The lowest BCUT2D eigenvalue weighted by atomic mass is 10.1. The molecule has 1 aliphatic rings. The number of benzene rings is 3. The number of anilines is 1. The Kier molecular flexibility index (Phi) is 4.34. The van der Waals surface area contributed by atoms with Gasteiger partial charge in [-0.3, -0.25) is 4.31 Å². The molecule has 0 unspecified atom stereocenters. The summed E-state index contributed by atoms with van der Waals surface area (Å²) in [6, 6.07) is 22.4. The number of rotatable bonds is 3. The fourth-order valence-electron chi connectivity index (χ4n) is 3.09. The van der Waals surface area contributed by atoms with E-state index in [4.69, 9.17) is 16.3 Å². The minimum Gasteiger partial charge on any atom is -0.489 e. The second kappa shape index (κ2) is 6.67. The monoisotopic (exact) mass is 385 g/mol. The van der Waals surface area contributed by atoms with Crippen LogP contribution in [0.25, 0.3) is 0 Å². The number of sulfonamides is 1. The molecule has 3 aromatic rings. The largest absolute Gasteiger partial charge is 0.489 e. The number of ether oxygens (including phenoxy) is 1. The molecule has 0 amide bonds. The molecular weight excluding hydrogens is 370 g/mol. The second-order valence-corrected chi connectivity index (χ2v) is 8.21. The van der Waals surface area contributed by atoms with Crippen LogP contribution in [0.1, 0.15) is 11.6 Å². The van der Waals surface area contributed by atoms with E-state index in [0.29, 0.717) is 16.5 Å². The van der Waals surface area contributed by atoms with Crippen molar-refractivity contribution in [3.63, 3.8) is 0 Å². The normalized spacial score (nSPS) is 16.7. The van der Waals surface area contributed by atoms with Gasteiger partial charge in [-0.15, -0.1) is 0 Å². The van der Waals surface area contributed by atoms with E-state index in [1.54, 1.807) is 30.3 Å². The molecular formula is C20H16ClNO3S. The smallest absolute Gasteiger partial charge is 0.265 e. The molecule has 0 spiro atoms. The van der Waals surface area contributed by atoms with Crippen LogP contribution in [-0.4, -0.2) is 15.0 Å². The summed E-state index contributed by atoms with van der Waals surface area (Å²) in [5, 5.41) is 0.492. The maximum atomic E-state index is 13.5. The van der Waals surface area contributed by atoms with E-state index in [9.17, 15) is 8.42 Å². The molecule has 0 N–H and O–H groups in total. The molecule has 132 valence electrons. The maximum Gasteiger partial charge on any atom is 0.265 e. The van der Waals surface area contributed by atoms with Crippen LogP contribution in [-0.2, 0) is 10.0 Å². The lowest BCUT2D eigenvalue weighted by Gasteiger charge is -2.37. The Balaban J connectivity index is 1.89. The van der Waals surface area contributed by atoms with Crippen LogP contribution in [0.15, 0.2) is 83.8 Å². The molecule has 1 atom stereocenters. The molecule has 0 aliphatic carbocycles. The highest BCUT2D eigenvalue weighted by Crippen LogP contribution is 2.42. The van der Waals surface area contributed by atoms with Crippen molar-refractivity contribution in [3.8, 4) is 5.75 Å². The lowest BCUT2D eigenvalue weighted by Crippen LogP contribution is -2.41. The minimum atomic E-state index is -3.79. The number of hydrogen-bond donors (Lipinski definition) is 0. The Morgan fingerprint density at radius 2 is 1.54 bits per heavy atom. The lowest BCUT2D eigenvalue weighted by molar-refractivity contribution is 0.275. The van der Waals surface area contributed by atoms with Crippen molar-refractivity contribution in [1.29, 1.82) is 0 Å². The zero-order valence-electron chi connectivity index (χ0n) is 13.7. The average molecular weight is 386 g/mol. The van der Waals surface area contributed by atoms with E-state index in [0.717, 1.165) is 5.56 Å². The molecule has 6 heteroatoms. The first-order valence-electron chi connectivity index (χ1n) is 8.14. The summed E-state index contributed by atoms with van der Waals surface area (Å²) in [5.41, 5.74) is 1.40. The predicted molar refractivity (Wildman–Crippen MR) is 102 cm³/mol. The van der Waals surface area contributed by atoms with Crippen molar-refractivity contribution in [3.05, 3.63) is 89.4 Å². The highest BCUT2D eigenvalue weighted by Gasteiger charge is 2.37. The van der Waals surface area contributed by atoms with Gasteiger partial charge in [-0.2, -0.15) is 0 Å². The summed E-state index contributed by atoms with van der Waals surface area (Å²) in [6.07, 6.45) is 0. The second-order valence-electron chi connectivity index (χ2n) is 5.96. The molecule has 0 bridgehead atoms. The van der Waals surface area contributed by atoms with Gasteiger partial charge in [0, 0.05) is 5.02 Å². The summed E-state index contributed by atoms with van der Waals surface area (Å²) < 4.78 is 34.2. The fraction of sp³-hybridized carbons (Fsp3) is 0.100. The van der Waals surface area contributed by atoms with Gasteiger partial charge >= 0.3 is 0 Å². The van der Waals surface area contributed by atoms with Crippen molar-refractivity contribution < 1.29 is 13.2 Å². The summed E-state index contributed by atoms with van der Waals surface area (Å²) in [4.78, 5) is 0.194. The van der Waals surface area contributed by atoms with E-state index in [-0.39, 0.29) is 11.5 Å². The van der Waals surface area contributed by atoms with Crippen LogP contribution in [0.5, 0.6) is 5.75 Å².